The maximum absolute atomic E-state index is 13.6. The van der Waals surface area contributed by atoms with Crippen molar-refractivity contribution < 1.29 is 18.7 Å². The summed E-state index contributed by atoms with van der Waals surface area (Å²) in [4.78, 5) is 23.7. The fourth-order valence-corrected chi connectivity index (χ4v) is 2.47. The Morgan fingerprint density at radius 3 is 2.37 bits per heavy atom. The normalized spacial score (nSPS) is 10.6. The lowest BCUT2D eigenvalue weighted by Gasteiger charge is -2.07. The van der Waals surface area contributed by atoms with Gasteiger partial charge in [0.1, 0.15) is 18.2 Å². The minimum absolute atomic E-state index is 0.117. The van der Waals surface area contributed by atoms with E-state index in [4.69, 9.17) is 4.74 Å². The van der Waals surface area contributed by atoms with E-state index in [1.165, 1.54) is 12.3 Å². The second-order valence-corrected chi connectivity index (χ2v) is 6.47. The monoisotopic (exact) mass is 405 g/mol. The van der Waals surface area contributed by atoms with Crippen LogP contribution in [0.15, 0.2) is 77.9 Å². The van der Waals surface area contributed by atoms with Gasteiger partial charge in [0, 0.05) is 11.3 Å². The molecule has 6 nitrogen and oxygen atoms in total. The predicted molar refractivity (Wildman–Crippen MR) is 113 cm³/mol. The third-order valence-electron chi connectivity index (χ3n) is 4.13. The number of carbonyl (C=O) groups is 2. The van der Waals surface area contributed by atoms with Crippen LogP contribution >= 0.6 is 0 Å². The van der Waals surface area contributed by atoms with Gasteiger partial charge >= 0.3 is 11.8 Å². The molecule has 0 aromatic heterocycles. The Bertz CT molecular complexity index is 1050. The van der Waals surface area contributed by atoms with E-state index in [-0.39, 0.29) is 12.4 Å². The van der Waals surface area contributed by atoms with Gasteiger partial charge in [0.15, 0.2) is 0 Å². The highest BCUT2D eigenvalue weighted by Crippen LogP contribution is 2.15. The Hall–Kier alpha value is -4.00. The first-order valence-corrected chi connectivity index (χ1v) is 9.18. The van der Waals surface area contributed by atoms with Gasteiger partial charge in [0.05, 0.1) is 6.21 Å². The van der Waals surface area contributed by atoms with E-state index in [0.717, 1.165) is 5.56 Å². The summed E-state index contributed by atoms with van der Waals surface area (Å²) >= 11 is 0. The summed E-state index contributed by atoms with van der Waals surface area (Å²) in [5.74, 6) is -1.44. The van der Waals surface area contributed by atoms with Crippen molar-refractivity contribution in [1.29, 1.82) is 0 Å². The van der Waals surface area contributed by atoms with Gasteiger partial charge in [0.25, 0.3) is 0 Å². The average Bonchev–Trinajstić information content (AvgIpc) is 2.75. The van der Waals surface area contributed by atoms with E-state index >= 15 is 0 Å². The SMILES string of the molecule is Cc1ccc(NC(=O)C(=O)N/N=C\c2ccc(OCc3ccccc3F)cc2)cc1. The van der Waals surface area contributed by atoms with Crippen molar-refractivity contribution in [3.05, 3.63) is 95.3 Å². The van der Waals surface area contributed by atoms with Crippen LogP contribution in [-0.4, -0.2) is 18.0 Å². The number of anilines is 1. The molecule has 0 heterocycles. The number of amides is 2. The van der Waals surface area contributed by atoms with E-state index in [0.29, 0.717) is 22.6 Å². The summed E-state index contributed by atoms with van der Waals surface area (Å²) in [6.45, 7) is 2.04. The molecule has 3 aromatic carbocycles. The van der Waals surface area contributed by atoms with E-state index in [2.05, 4.69) is 15.8 Å². The summed E-state index contributed by atoms with van der Waals surface area (Å²) in [5, 5.41) is 6.27. The van der Waals surface area contributed by atoms with Crippen LogP contribution in [0.2, 0.25) is 0 Å². The highest BCUT2D eigenvalue weighted by Gasteiger charge is 2.12. The number of rotatable bonds is 6. The van der Waals surface area contributed by atoms with Gasteiger partial charge in [-0.05, 0) is 55.0 Å². The number of hydrazone groups is 1. The molecule has 7 heteroatoms. The summed E-state index contributed by atoms with van der Waals surface area (Å²) in [5.41, 5.74) is 4.90. The van der Waals surface area contributed by atoms with Crippen LogP contribution in [0.25, 0.3) is 0 Å². The van der Waals surface area contributed by atoms with Crippen LogP contribution in [0.3, 0.4) is 0 Å². The van der Waals surface area contributed by atoms with E-state index in [9.17, 15) is 14.0 Å². The van der Waals surface area contributed by atoms with E-state index < -0.39 is 11.8 Å². The molecule has 0 spiro atoms. The third kappa shape index (κ3) is 6.00. The Morgan fingerprint density at radius 2 is 1.67 bits per heavy atom. The fourth-order valence-electron chi connectivity index (χ4n) is 2.47. The standard InChI is InChI=1S/C23H20FN3O3/c1-16-6-10-19(11-7-16)26-22(28)23(29)27-25-14-17-8-12-20(13-9-17)30-15-18-4-2-3-5-21(18)24/h2-14H,15H2,1H3,(H,26,28)(H,27,29)/b25-14-. The Kier molecular flexibility index (Phi) is 6.89. The minimum atomic E-state index is -0.878. The van der Waals surface area contributed by atoms with Crippen molar-refractivity contribution in [3.63, 3.8) is 0 Å². The third-order valence-corrected chi connectivity index (χ3v) is 4.13. The lowest BCUT2D eigenvalue weighted by atomic mass is 10.2. The lowest BCUT2D eigenvalue weighted by molar-refractivity contribution is -0.136. The van der Waals surface area contributed by atoms with Crippen LogP contribution in [-0.2, 0) is 16.2 Å². The quantitative estimate of drug-likeness (QED) is 0.372. The molecule has 3 rings (SSSR count). The average molecular weight is 405 g/mol. The molecule has 0 bridgehead atoms. The molecule has 3 aromatic rings. The Balaban J connectivity index is 1.47. The zero-order valence-electron chi connectivity index (χ0n) is 16.3. The van der Waals surface area contributed by atoms with Crippen molar-refractivity contribution in [2.24, 2.45) is 5.10 Å². The molecule has 0 aliphatic heterocycles. The minimum Gasteiger partial charge on any atom is -0.489 e. The second-order valence-electron chi connectivity index (χ2n) is 6.47. The number of benzene rings is 3. The molecule has 2 amide bonds. The van der Waals surface area contributed by atoms with E-state index in [1.807, 2.05) is 19.1 Å². The number of hydrogen-bond donors (Lipinski definition) is 2. The summed E-state index contributed by atoms with van der Waals surface area (Å²) < 4.78 is 19.2. The molecule has 0 unspecified atom stereocenters. The van der Waals surface area contributed by atoms with E-state index in [1.54, 1.807) is 54.6 Å². The molecule has 0 fully saturated rings. The summed E-state index contributed by atoms with van der Waals surface area (Å²) in [6, 6.07) is 20.3. The molecule has 0 saturated heterocycles. The van der Waals surface area contributed by atoms with Crippen LogP contribution in [0.5, 0.6) is 5.75 Å². The number of carbonyl (C=O) groups excluding carboxylic acids is 2. The van der Waals surface area contributed by atoms with Gasteiger partial charge in [-0.2, -0.15) is 5.10 Å². The molecule has 2 N–H and O–H groups in total. The van der Waals surface area contributed by atoms with Crippen molar-refractivity contribution in [3.8, 4) is 5.75 Å². The second kappa shape index (κ2) is 9.97. The van der Waals surface area contributed by atoms with Crippen molar-refractivity contribution in [2.75, 3.05) is 5.32 Å². The molecule has 0 aliphatic rings. The van der Waals surface area contributed by atoms with Crippen LogP contribution in [0, 0.1) is 12.7 Å². The summed E-state index contributed by atoms with van der Waals surface area (Å²) in [7, 11) is 0. The molecule has 0 radical (unpaired) electrons. The fraction of sp³-hybridized carbons (Fsp3) is 0.0870. The van der Waals surface area contributed by atoms with Crippen molar-refractivity contribution in [1.82, 2.24) is 5.43 Å². The van der Waals surface area contributed by atoms with Gasteiger partial charge in [-0.3, -0.25) is 9.59 Å². The highest BCUT2D eigenvalue weighted by molar-refractivity contribution is 6.39. The molecule has 0 saturated carbocycles. The van der Waals surface area contributed by atoms with Gasteiger partial charge < -0.3 is 10.1 Å². The zero-order valence-corrected chi connectivity index (χ0v) is 16.3. The lowest BCUT2D eigenvalue weighted by Crippen LogP contribution is -2.32. The molecular weight excluding hydrogens is 385 g/mol. The topological polar surface area (TPSA) is 79.8 Å². The Morgan fingerprint density at radius 1 is 0.967 bits per heavy atom. The van der Waals surface area contributed by atoms with Crippen LogP contribution < -0.4 is 15.5 Å². The molecule has 0 aliphatic carbocycles. The first kappa shape index (κ1) is 20.7. The number of nitrogens with zero attached hydrogens (tertiary/aromatic N) is 1. The number of nitrogens with one attached hydrogen (secondary N) is 2. The van der Waals surface area contributed by atoms with Crippen molar-refractivity contribution >= 4 is 23.7 Å². The molecule has 152 valence electrons. The van der Waals surface area contributed by atoms with Crippen LogP contribution in [0.4, 0.5) is 10.1 Å². The van der Waals surface area contributed by atoms with Gasteiger partial charge in [0.2, 0.25) is 0 Å². The van der Waals surface area contributed by atoms with Crippen LogP contribution in [0.1, 0.15) is 16.7 Å². The predicted octanol–water partition coefficient (Wildman–Crippen LogP) is 3.80. The number of ether oxygens (including phenoxy) is 1. The smallest absolute Gasteiger partial charge is 0.329 e. The Labute approximate surface area is 173 Å². The highest BCUT2D eigenvalue weighted by atomic mass is 19.1. The first-order valence-electron chi connectivity index (χ1n) is 9.18. The first-order chi connectivity index (χ1) is 14.5. The van der Waals surface area contributed by atoms with Gasteiger partial charge in [-0.25, -0.2) is 9.82 Å². The number of halogens is 1. The number of aryl methyl sites for hydroxylation is 1. The maximum Gasteiger partial charge on any atom is 0.329 e. The van der Waals surface area contributed by atoms with Gasteiger partial charge in [-0.1, -0.05) is 35.9 Å². The molecule has 30 heavy (non-hydrogen) atoms. The zero-order chi connectivity index (χ0) is 21.3. The van der Waals surface area contributed by atoms with Gasteiger partial charge in [-0.15, -0.1) is 0 Å². The number of hydrogen-bond acceptors (Lipinski definition) is 4. The molecule has 0 atom stereocenters. The summed E-state index contributed by atoms with van der Waals surface area (Å²) in [6.07, 6.45) is 1.40. The largest absolute Gasteiger partial charge is 0.489 e. The van der Waals surface area contributed by atoms with Crippen molar-refractivity contribution in [2.45, 2.75) is 13.5 Å². The molecular formula is C23H20FN3O3. The maximum atomic E-state index is 13.6.